The van der Waals surface area contributed by atoms with Crippen molar-refractivity contribution >= 4 is 17.4 Å². The van der Waals surface area contributed by atoms with Crippen LogP contribution in [0.15, 0.2) is 30.5 Å². The topological polar surface area (TPSA) is 92.1 Å². The van der Waals surface area contributed by atoms with Gasteiger partial charge in [0.15, 0.2) is 0 Å². The summed E-state index contributed by atoms with van der Waals surface area (Å²) in [5, 5.41) is 17.3. The fraction of sp³-hybridized carbons (Fsp3) is 0.607. The Morgan fingerprint density at radius 2 is 2.00 bits per heavy atom. The van der Waals surface area contributed by atoms with E-state index in [1.165, 1.54) is 25.7 Å². The van der Waals surface area contributed by atoms with Crippen molar-refractivity contribution < 1.29 is 9.47 Å². The SMILES string of the molecule is C.COCCNC1CCC(Cc2cc(-c3cccc(NCC4(C#N)CCOCC4)n3)c(Cl)cn2)CC1. The molecule has 2 aliphatic rings. The molecular formula is C28H40ClN5O2. The molecule has 0 amide bonds. The Morgan fingerprint density at radius 3 is 2.72 bits per heavy atom. The van der Waals surface area contributed by atoms with Gasteiger partial charge in [0.2, 0.25) is 0 Å². The van der Waals surface area contributed by atoms with Crippen molar-refractivity contribution in [2.45, 2.75) is 58.4 Å². The molecule has 1 saturated heterocycles. The normalized spacial score (nSPS) is 21.2. The predicted molar refractivity (Wildman–Crippen MR) is 145 cm³/mol. The van der Waals surface area contributed by atoms with E-state index in [-0.39, 0.29) is 7.43 Å². The summed E-state index contributed by atoms with van der Waals surface area (Å²) in [6.07, 6.45) is 8.97. The van der Waals surface area contributed by atoms with Crippen LogP contribution in [0.25, 0.3) is 11.3 Å². The van der Waals surface area contributed by atoms with Gasteiger partial charge in [-0.3, -0.25) is 4.98 Å². The zero-order valence-corrected chi connectivity index (χ0v) is 21.3. The van der Waals surface area contributed by atoms with Gasteiger partial charge in [-0.1, -0.05) is 25.1 Å². The van der Waals surface area contributed by atoms with Crippen LogP contribution in [0.1, 0.15) is 51.6 Å². The number of aromatic nitrogens is 2. The zero-order chi connectivity index (χ0) is 24.5. The van der Waals surface area contributed by atoms with Gasteiger partial charge in [0, 0.05) is 56.9 Å². The van der Waals surface area contributed by atoms with E-state index in [1.54, 1.807) is 13.3 Å². The number of nitrogens with one attached hydrogen (secondary N) is 2. The van der Waals surface area contributed by atoms with Crippen LogP contribution < -0.4 is 10.6 Å². The number of ether oxygens (including phenoxy) is 2. The van der Waals surface area contributed by atoms with Crippen LogP contribution in [0.4, 0.5) is 5.82 Å². The van der Waals surface area contributed by atoms with Crippen molar-refractivity contribution in [2.24, 2.45) is 11.3 Å². The van der Waals surface area contributed by atoms with Crippen molar-refractivity contribution in [3.8, 4) is 17.3 Å². The predicted octanol–water partition coefficient (Wildman–Crippen LogP) is 5.50. The molecular weight excluding hydrogens is 474 g/mol. The summed E-state index contributed by atoms with van der Waals surface area (Å²) in [6, 6.07) is 11.1. The molecule has 8 heteroatoms. The summed E-state index contributed by atoms with van der Waals surface area (Å²) in [5.74, 6) is 1.39. The van der Waals surface area contributed by atoms with E-state index in [9.17, 15) is 5.26 Å². The summed E-state index contributed by atoms with van der Waals surface area (Å²) >= 11 is 6.55. The first-order chi connectivity index (χ1) is 17.1. The third-order valence-electron chi connectivity index (χ3n) is 7.32. The van der Waals surface area contributed by atoms with Crippen molar-refractivity contribution in [3.63, 3.8) is 0 Å². The summed E-state index contributed by atoms with van der Waals surface area (Å²) in [5.41, 5.74) is 2.37. The number of nitriles is 1. The monoisotopic (exact) mass is 513 g/mol. The van der Waals surface area contributed by atoms with Crippen LogP contribution in [0.2, 0.25) is 5.02 Å². The number of anilines is 1. The highest BCUT2D eigenvalue weighted by Gasteiger charge is 2.32. The molecule has 7 nitrogen and oxygen atoms in total. The van der Waals surface area contributed by atoms with Crippen LogP contribution >= 0.6 is 11.6 Å². The second-order valence-electron chi connectivity index (χ2n) is 9.79. The first-order valence-electron chi connectivity index (χ1n) is 12.7. The highest BCUT2D eigenvalue weighted by atomic mass is 35.5. The van der Waals surface area contributed by atoms with Gasteiger partial charge in [0.05, 0.1) is 28.8 Å². The maximum Gasteiger partial charge on any atom is 0.126 e. The fourth-order valence-corrected chi connectivity index (χ4v) is 5.25. The molecule has 0 unspecified atom stereocenters. The van der Waals surface area contributed by atoms with E-state index < -0.39 is 5.41 Å². The number of rotatable bonds is 10. The summed E-state index contributed by atoms with van der Waals surface area (Å²) in [7, 11) is 1.74. The molecule has 1 saturated carbocycles. The maximum absolute atomic E-state index is 9.72. The van der Waals surface area contributed by atoms with Crippen LogP contribution in [-0.2, 0) is 15.9 Å². The molecule has 2 aromatic rings. The Kier molecular flexibility index (Phi) is 10.9. The molecule has 2 fully saturated rings. The Morgan fingerprint density at radius 1 is 1.22 bits per heavy atom. The zero-order valence-electron chi connectivity index (χ0n) is 20.6. The lowest BCUT2D eigenvalue weighted by Crippen LogP contribution is -2.35. The van der Waals surface area contributed by atoms with Gasteiger partial charge in [-0.2, -0.15) is 5.26 Å². The lowest BCUT2D eigenvalue weighted by molar-refractivity contribution is 0.0455. The minimum Gasteiger partial charge on any atom is -0.383 e. The molecule has 0 bridgehead atoms. The van der Waals surface area contributed by atoms with E-state index in [2.05, 4.69) is 27.8 Å². The second-order valence-corrected chi connectivity index (χ2v) is 10.2. The van der Waals surface area contributed by atoms with Gasteiger partial charge in [-0.05, 0) is 69.1 Å². The summed E-state index contributed by atoms with van der Waals surface area (Å²) in [6.45, 7) is 3.49. The van der Waals surface area contributed by atoms with Crippen LogP contribution in [-0.4, -0.2) is 56.0 Å². The maximum atomic E-state index is 9.72. The molecule has 4 rings (SSSR count). The van der Waals surface area contributed by atoms with Crippen molar-refractivity contribution in [2.75, 3.05) is 45.3 Å². The number of methoxy groups -OCH3 is 1. The lowest BCUT2D eigenvalue weighted by Gasteiger charge is -2.30. The van der Waals surface area contributed by atoms with Crippen LogP contribution in [0.3, 0.4) is 0 Å². The number of hydrogen-bond acceptors (Lipinski definition) is 7. The molecule has 2 aromatic heterocycles. The highest BCUT2D eigenvalue weighted by molar-refractivity contribution is 6.33. The first-order valence-corrected chi connectivity index (χ1v) is 13.1. The van der Waals surface area contributed by atoms with E-state index in [0.717, 1.165) is 55.2 Å². The standard InChI is InChI=1S/C27H36ClN5O2.CH4/c1-34-14-11-30-21-7-5-20(6-8-21)15-22-16-23(24(28)17-31-22)25-3-2-4-26(33-25)32-19-27(18-29)9-12-35-13-10-27;/h2-4,16-17,20-21,30H,5-15,19H2,1H3,(H,32,33);1H4. The molecule has 1 aliphatic heterocycles. The van der Waals surface area contributed by atoms with Crippen molar-refractivity contribution in [3.05, 3.63) is 41.2 Å². The minimum absolute atomic E-state index is 0. The van der Waals surface area contributed by atoms with Crippen molar-refractivity contribution in [1.82, 2.24) is 15.3 Å². The van der Waals surface area contributed by atoms with Gasteiger partial charge in [0.25, 0.3) is 0 Å². The molecule has 36 heavy (non-hydrogen) atoms. The molecule has 0 aromatic carbocycles. The van der Waals surface area contributed by atoms with Gasteiger partial charge in [-0.25, -0.2) is 4.98 Å². The quantitative estimate of drug-likeness (QED) is 0.405. The summed E-state index contributed by atoms with van der Waals surface area (Å²) < 4.78 is 10.6. The minimum atomic E-state index is -0.407. The summed E-state index contributed by atoms with van der Waals surface area (Å²) in [4.78, 5) is 9.43. The van der Waals surface area contributed by atoms with E-state index in [0.29, 0.717) is 36.7 Å². The third kappa shape index (κ3) is 7.63. The van der Waals surface area contributed by atoms with Gasteiger partial charge in [0.1, 0.15) is 5.82 Å². The van der Waals surface area contributed by atoms with Crippen LogP contribution in [0, 0.1) is 22.7 Å². The van der Waals surface area contributed by atoms with E-state index in [1.807, 2.05) is 18.2 Å². The lowest BCUT2D eigenvalue weighted by atomic mass is 9.82. The molecule has 3 heterocycles. The molecule has 0 atom stereocenters. The fourth-order valence-electron chi connectivity index (χ4n) is 5.05. The molecule has 2 N–H and O–H groups in total. The van der Waals surface area contributed by atoms with Gasteiger partial charge < -0.3 is 20.1 Å². The smallest absolute Gasteiger partial charge is 0.126 e. The number of pyridine rings is 2. The highest BCUT2D eigenvalue weighted by Crippen LogP contribution is 2.32. The van der Waals surface area contributed by atoms with Crippen LogP contribution in [0.5, 0.6) is 0 Å². The number of hydrogen-bond donors (Lipinski definition) is 2. The average molecular weight is 514 g/mol. The van der Waals surface area contributed by atoms with Gasteiger partial charge >= 0.3 is 0 Å². The van der Waals surface area contributed by atoms with Gasteiger partial charge in [-0.15, -0.1) is 0 Å². The van der Waals surface area contributed by atoms with Crippen molar-refractivity contribution in [1.29, 1.82) is 5.26 Å². The Labute approximate surface area is 221 Å². The Hall–Kier alpha value is -2.24. The molecule has 0 spiro atoms. The van der Waals surface area contributed by atoms with E-state index >= 15 is 0 Å². The second kappa shape index (κ2) is 13.9. The third-order valence-corrected chi connectivity index (χ3v) is 7.62. The molecule has 1 aliphatic carbocycles. The number of nitrogens with zero attached hydrogens (tertiary/aromatic N) is 3. The Bertz CT molecular complexity index is 998. The Balaban J connectivity index is 0.00000361. The average Bonchev–Trinajstić information content (AvgIpc) is 2.90. The largest absolute Gasteiger partial charge is 0.383 e. The first kappa shape index (κ1) is 28.3. The molecule has 0 radical (unpaired) electrons. The number of halogens is 1. The molecule has 196 valence electrons. The van der Waals surface area contributed by atoms with E-state index in [4.69, 9.17) is 26.1 Å².